The van der Waals surface area contributed by atoms with Crippen LogP contribution in [0.25, 0.3) is 0 Å². The van der Waals surface area contributed by atoms with Crippen molar-refractivity contribution >= 4 is 22.9 Å². The predicted molar refractivity (Wildman–Crippen MR) is 78.5 cm³/mol. The fourth-order valence-electron chi connectivity index (χ4n) is 1.63. The Labute approximate surface area is 116 Å². The van der Waals surface area contributed by atoms with Gasteiger partial charge in [0.05, 0.1) is 11.6 Å². The van der Waals surface area contributed by atoms with Gasteiger partial charge in [0.25, 0.3) is 0 Å². The Morgan fingerprint density at radius 3 is 2.84 bits per heavy atom. The van der Waals surface area contributed by atoms with Gasteiger partial charge in [-0.25, -0.2) is 4.98 Å². The van der Waals surface area contributed by atoms with Crippen LogP contribution in [0.1, 0.15) is 17.8 Å². The number of amides is 1. The third-order valence-electron chi connectivity index (χ3n) is 2.71. The molecule has 2 N–H and O–H groups in total. The quantitative estimate of drug-likeness (QED) is 0.851. The summed E-state index contributed by atoms with van der Waals surface area (Å²) in [6.07, 6.45) is 1.79. The van der Waals surface area contributed by atoms with Crippen LogP contribution in [0, 0.1) is 0 Å². The van der Waals surface area contributed by atoms with Gasteiger partial charge < -0.3 is 10.6 Å². The van der Waals surface area contributed by atoms with Crippen molar-refractivity contribution in [1.82, 2.24) is 10.3 Å². The van der Waals surface area contributed by atoms with Gasteiger partial charge in [-0.3, -0.25) is 4.79 Å². The normalized spacial score (nSPS) is 11.8. The van der Waals surface area contributed by atoms with Gasteiger partial charge in [0, 0.05) is 29.7 Å². The SMILES string of the molecule is CC(CNC(=O)CNc1ccccc1)c1nccs1. The lowest BCUT2D eigenvalue weighted by molar-refractivity contribution is -0.119. The number of anilines is 1. The Balaban J connectivity index is 1.70. The maximum absolute atomic E-state index is 11.7. The molecule has 0 aliphatic heterocycles. The van der Waals surface area contributed by atoms with Crippen molar-refractivity contribution in [3.63, 3.8) is 0 Å². The van der Waals surface area contributed by atoms with E-state index in [0.29, 0.717) is 6.54 Å². The predicted octanol–water partition coefficient (Wildman–Crippen LogP) is 2.47. The van der Waals surface area contributed by atoms with Crippen LogP contribution in [0.3, 0.4) is 0 Å². The number of carbonyl (C=O) groups excluding carboxylic acids is 1. The maximum Gasteiger partial charge on any atom is 0.239 e. The molecule has 1 heterocycles. The number of hydrogen-bond acceptors (Lipinski definition) is 4. The van der Waals surface area contributed by atoms with Crippen LogP contribution in [0.5, 0.6) is 0 Å². The summed E-state index contributed by atoms with van der Waals surface area (Å²) in [4.78, 5) is 15.9. The highest BCUT2D eigenvalue weighted by Gasteiger charge is 2.09. The maximum atomic E-state index is 11.7. The molecule has 5 heteroatoms. The number of aromatic nitrogens is 1. The largest absolute Gasteiger partial charge is 0.376 e. The molecule has 19 heavy (non-hydrogen) atoms. The number of nitrogens with zero attached hydrogens (tertiary/aromatic N) is 1. The van der Waals surface area contributed by atoms with Gasteiger partial charge in [0.1, 0.15) is 0 Å². The van der Waals surface area contributed by atoms with Crippen molar-refractivity contribution in [3.05, 3.63) is 46.9 Å². The van der Waals surface area contributed by atoms with Crippen molar-refractivity contribution in [2.75, 3.05) is 18.4 Å². The minimum Gasteiger partial charge on any atom is -0.376 e. The average molecular weight is 275 g/mol. The van der Waals surface area contributed by atoms with Gasteiger partial charge in [0.2, 0.25) is 5.91 Å². The standard InChI is InChI=1S/C14H17N3OS/c1-11(14-15-7-8-19-14)9-17-13(18)10-16-12-5-3-2-4-6-12/h2-8,11,16H,9-10H2,1H3,(H,17,18). The van der Waals surface area contributed by atoms with E-state index in [1.54, 1.807) is 17.5 Å². The Kier molecular flexibility index (Phi) is 4.92. The van der Waals surface area contributed by atoms with Crippen molar-refractivity contribution < 1.29 is 4.79 Å². The minimum atomic E-state index is -0.00717. The first kappa shape index (κ1) is 13.5. The van der Waals surface area contributed by atoms with Crippen LogP contribution in [-0.4, -0.2) is 24.0 Å². The second kappa shape index (κ2) is 6.89. The number of carbonyl (C=O) groups is 1. The van der Waals surface area contributed by atoms with Gasteiger partial charge >= 0.3 is 0 Å². The van der Waals surface area contributed by atoms with Gasteiger partial charge in [-0.15, -0.1) is 11.3 Å². The van der Waals surface area contributed by atoms with Crippen LogP contribution in [-0.2, 0) is 4.79 Å². The number of hydrogen-bond donors (Lipinski definition) is 2. The molecule has 2 aromatic rings. The van der Waals surface area contributed by atoms with E-state index in [1.807, 2.05) is 35.7 Å². The molecule has 0 saturated heterocycles. The van der Waals surface area contributed by atoms with Gasteiger partial charge in [-0.2, -0.15) is 0 Å². The molecule has 1 unspecified atom stereocenters. The van der Waals surface area contributed by atoms with Crippen molar-refractivity contribution in [2.45, 2.75) is 12.8 Å². The third kappa shape index (κ3) is 4.37. The highest BCUT2D eigenvalue weighted by Crippen LogP contribution is 2.16. The Hall–Kier alpha value is -1.88. The van der Waals surface area contributed by atoms with E-state index in [0.717, 1.165) is 10.7 Å². The number of para-hydroxylation sites is 1. The van der Waals surface area contributed by atoms with Crippen molar-refractivity contribution in [2.24, 2.45) is 0 Å². The van der Waals surface area contributed by atoms with E-state index in [4.69, 9.17) is 0 Å². The first-order valence-corrected chi connectivity index (χ1v) is 7.08. The summed E-state index contributed by atoms with van der Waals surface area (Å²) in [5, 5.41) is 8.99. The van der Waals surface area contributed by atoms with Gasteiger partial charge in [0.15, 0.2) is 0 Å². The summed E-state index contributed by atoms with van der Waals surface area (Å²) in [7, 11) is 0. The van der Waals surface area contributed by atoms with Crippen molar-refractivity contribution in [1.29, 1.82) is 0 Å². The van der Waals surface area contributed by atoms with E-state index >= 15 is 0 Å². The second-order valence-corrected chi connectivity index (χ2v) is 5.22. The second-order valence-electron chi connectivity index (χ2n) is 4.30. The summed E-state index contributed by atoms with van der Waals surface area (Å²) in [5.41, 5.74) is 0.950. The molecule has 1 atom stereocenters. The monoisotopic (exact) mass is 275 g/mol. The van der Waals surface area contributed by atoms with Gasteiger partial charge in [-0.05, 0) is 12.1 Å². The summed E-state index contributed by atoms with van der Waals surface area (Å²) >= 11 is 1.61. The van der Waals surface area contributed by atoms with Crippen LogP contribution in [0.2, 0.25) is 0 Å². The van der Waals surface area contributed by atoms with Gasteiger partial charge in [-0.1, -0.05) is 25.1 Å². The number of benzene rings is 1. The molecule has 1 amide bonds. The highest BCUT2D eigenvalue weighted by atomic mass is 32.1. The molecule has 0 bridgehead atoms. The molecule has 0 saturated carbocycles. The van der Waals surface area contributed by atoms with Crippen LogP contribution < -0.4 is 10.6 Å². The topological polar surface area (TPSA) is 54.0 Å². The number of thiazole rings is 1. The van der Waals surface area contributed by atoms with E-state index in [-0.39, 0.29) is 18.4 Å². The van der Waals surface area contributed by atoms with Crippen LogP contribution in [0.15, 0.2) is 41.9 Å². The minimum absolute atomic E-state index is 0.00717. The van der Waals surface area contributed by atoms with E-state index in [9.17, 15) is 4.79 Å². The average Bonchev–Trinajstić information content (AvgIpc) is 2.98. The number of rotatable bonds is 6. The summed E-state index contributed by atoms with van der Waals surface area (Å²) in [5.74, 6) is 0.243. The first-order chi connectivity index (χ1) is 9.25. The molecule has 0 spiro atoms. The molecule has 0 fully saturated rings. The Bertz CT molecular complexity index is 499. The highest BCUT2D eigenvalue weighted by molar-refractivity contribution is 7.09. The molecule has 0 aliphatic carbocycles. The lowest BCUT2D eigenvalue weighted by Gasteiger charge is -2.11. The fourth-order valence-corrected chi connectivity index (χ4v) is 2.33. The van der Waals surface area contributed by atoms with Crippen molar-refractivity contribution in [3.8, 4) is 0 Å². The Morgan fingerprint density at radius 2 is 2.16 bits per heavy atom. The van der Waals surface area contributed by atoms with E-state index < -0.39 is 0 Å². The van der Waals surface area contributed by atoms with E-state index in [1.165, 1.54) is 0 Å². The lowest BCUT2D eigenvalue weighted by atomic mass is 10.2. The molecular formula is C14H17N3OS. The zero-order chi connectivity index (χ0) is 13.5. The molecule has 1 aromatic carbocycles. The molecule has 1 aromatic heterocycles. The fraction of sp³-hybridized carbons (Fsp3) is 0.286. The summed E-state index contributed by atoms with van der Waals surface area (Å²) in [6.45, 7) is 2.96. The molecule has 0 radical (unpaired) electrons. The lowest BCUT2D eigenvalue weighted by Crippen LogP contribution is -2.32. The molecular weight excluding hydrogens is 258 g/mol. The summed E-state index contributed by atoms with van der Waals surface area (Å²) < 4.78 is 0. The summed E-state index contributed by atoms with van der Waals surface area (Å²) in [6, 6.07) is 9.69. The molecule has 0 aliphatic rings. The molecule has 4 nitrogen and oxygen atoms in total. The first-order valence-electron chi connectivity index (χ1n) is 6.20. The molecule has 100 valence electrons. The Morgan fingerprint density at radius 1 is 1.37 bits per heavy atom. The smallest absolute Gasteiger partial charge is 0.239 e. The van der Waals surface area contributed by atoms with Crippen LogP contribution in [0.4, 0.5) is 5.69 Å². The van der Waals surface area contributed by atoms with E-state index in [2.05, 4.69) is 22.5 Å². The van der Waals surface area contributed by atoms with Crippen LogP contribution >= 0.6 is 11.3 Å². The third-order valence-corrected chi connectivity index (χ3v) is 3.71. The zero-order valence-electron chi connectivity index (χ0n) is 10.8. The number of nitrogens with one attached hydrogen (secondary N) is 2. The zero-order valence-corrected chi connectivity index (χ0v) is 11.6. The molecule has 2 rings (SSSR count).